The van der Waals surface area contributed by atoms with Crippen LogP contribution in [0.2, 0.25) is 0 Å². The van der Waals surface area contributed by atoms with Gasteiger partial charge in [0.15, 0.2) is 0 Å². The van der Waals surface area contributed by atoms with E-state index in [9.17, 15) is 0 Å². The van der Waals surface area contributed by atoms with Gasteiger partial charge in [-0.25, -0.2) is 4.98 Å². The van der Waals surface area contributed by atoms with Crippen molar-refractivity contribution in [2.75, 3.05) is 38.6 Å². The van der Waals surface area contributed by atoms with Crippen LogP contribution in [0.25, 0.3) is 0 Å². The Labute approximate surface area is 116 Å². The number of hydrogen-bond acceptors (Lipinski definition) is 4. The summed E-state index contributed by atoms with van der Waals surface area (Å²) in [7, 11) is 4.31. The maximum absolute atomic E-state index is 9.12. The van der Waals surface area contributed by atoms with Gasteiger partial charge in [0.05, 0.1) is 6.61 Å². The quantitative estimate of drug-likeness (QED) is 0.897. The predicted molar refractivity (Wildman–Crippen MR) is 78.4 cm³/mol. The molecule has 1 saturated heterocycles. The number of pyridine rings is 1. The standard InChI is InChI=1S/C15H25N3O/c1-12-8-14(11-19)9-16-15(12)18(3)10-13-4-6-17(2)7-5-13/h8-9,13,19H,4-7,10-11H2,1-3H3. The fourth-order valence-corrected chi connectivity index (χ4v) is 2.83. The summed E-state index contributed by atoms with van der Waals surface area (Å²) in [5.74, 6) is 1.80. The summed E-state index contributed by atoms with van der Waals surface area (Å²) in [6, 6.07) is 2.02. The van der Waals surface area contributed by atoms with Gasteiger partial charge in [-0.3, -0.25) is 0 Å². The van der Waals surface area contributed by atoms with E-state index >= 15 is 0 Å². The molecule has 1 fully saturated rings. The molecular formula is C15H25N3O. The van der Waals surface area contributed by atoms with E-state index in [4.69, 9.17) is 5.11 Å². The lowest BCUT2D eigenvalue weighted by Gasteiger charge is -2.32. The van der Waals surface area contributed by atoms with Crippen molar-refractivity contribution < 1.29 is 5.11 Å². The molecule has 0 aliphatic carbocycles. The van der Waals surface area contributed by atoms with Crippen molar-refractivity contribution in [2.24, 2.45) is 5.92 Å². The van der Waals surface area contributed by atoms with Crippen LogP contribution < -0.4 is 4.90 Å². The van der Waals surface area contributed by atoms with E-state index in [2.05, 4.69) is 35.8 Å². The second-order valence-corrected chi connectivity index (χ2v) is 5.77. The summed E-state index contributed by atoms with van der Waals surface area (Å²) in [4.78, 5) is 9.14. The van der Waals surface area contributed by atoms with Gasteiger partial charge in [-0.15, -0.1) is 0 Å². The number of aryl methyl sites for hydroxylation is 1. The van der Waals surface area contributed by atoms with Crippen molar-refractivity contribution in [3.8, 4) is 0 Å². The summed E-state index contributed by atoms with van der Waals surface area (Å²) in [5.41, 5.74) is 2.02. The zero-order valence-electron chi connectivity index (χ0n) is 12.3. The number of rotatable bonds is 4. The topological polar surface area (TPSA) is 39.6 Å². The van der Waals surface area contributed by atoms with E-state index in [-0.39, 0.29) is 6.61 Å². The molecule has 0 aromatic carbocycles. The van der Waals surface area contributed by atoms with Gasteiger partial charge in [0, 0.05) is 19.8 Å². The van der Waals surface area contributed by atoms with Crippen LogP contribution in [0, 0.1) is 12.8 Å². The van der Waals surface area contributed by atoms with Gasteiger partial charge in [-0.2, -0.15) is 0 Å². The van der Waals surface area contributed by atoms with Crippen molar-refractivity contribution in [1.29, 1.82) is 0 Å². The highest BCUT2D eigenvalue weighted by Gasteiger charge is 2.19. The molecule has 1 aromatic rings. The van der Waals surface area contributed by atoms with Gasteiger partial charge in [-0.05, 0) is 63.0 Å². The summed E-state index contributed by atoms with van der Waals surface area (Å²) < 4.78 is 0. The number of aromatic nitrogens is 1. The molecule has 4 heteroatoms. The Kier molecular flexibility index (Phi) is 4.77. The molecule has 0 atom stereocenters. The molecule has 1 aliphatic heterocycles. The second kappa shape index (κ2) is 6.35. The van der Waals surface area contributed by atoms with E-state index < -0.39 is 0 Å². The Hall–Kier alpha value is -1.13. The number of nitrogens with zero attached hydrogens (tertiary/aromatic N) is 3. The van der Waals surface area contributed by atoms with Crippen LogP contribution in [0.3, 0.4) is 0 Å². The Morgan fingerprint density at radius 2 is 2.11 bits per heavy atom. The minimum Gasteiger partial charge on any atom is -0.392 e. The normalized spacial score (nSPS) is 17.7. The van der Waals surface area contributed by atoms with E-state index in [1.54, 1.807) is 6.20 Å². The maximum Gasteiger partial charge on any atom is 0.131 e. The van der Waals surface area contributed by atoms with Crippen LogP contribution in [-0.4, -0.2) is 48.7 Å². The lowest BCUT2D eigenvalue weighted by molar-refractivity contribution is 0.222. The molecule has 2 rings (SSSR count). The number of likely N-dealkylation sites (tertiary alicyclic amines) is 1. The average molecular weight is 263 g/mol. The third-order valence-electron chi connectivity index (χ3n) is 4.02. The second-order valence-electron chi connectivity index (χ2n) is 5.77. The first-order valence-corrected chi connectivity index (χ1v) is 7.06. The molecule has 4 nitrogen and oxygen atoms in total. The van der Waals surface area contributed by atoms with Crippen molar-refractivity contribution >= 4 is 5.82 Å². The third kappa shape index (κ3) is 3.67. The molecule has 1 aliphatic rings. The van der Waals surface area contributed by atoms with Crippen LogP contribution in [-0.2, 0) is 6.61 Å². The molecule has 0 saturated carbocycles. The molecule has 1 aromatic heterocycles. The van der Waals surface area contributed by atoms with Gasteiger partial charge < -0.3 is 14.9 Å². The molecule has 0 radical (unpaired) electrons. The monoisotopic (exact) mass is 263 g/mol. The molecule has 0 spiro atoms. The Morgan fingerprint density at radius 1 is 1.42 bits per heavy atom. The van der Waals surface area contributed by atoms with Crippen LogP contribution in [0.5, 0.6) is 0 Å². The molecule has 19 heavy (non-hydrogen) atoms. The number of aliphatic hydroxyl groups excluding tert-OH is 1. The number of aliphatic hydroxyl groups is 1. The fourth-order valence-electron chi connectivity index (χ4n) is 2.83. The molecule has 106 valence electrons. The minimum atomic E-state index is 0.0623. The van der Waals surface area contributed by atoms with Gasteiger partial charge in [-0.1, -0.05) is 0 Å². The van der Waals surface area contributed by atoms with Crippen LogP contribution in [0.1, 0.15) is 24.0 Å². The average Bonchev–Trinajstić information content (AvgIpc) is 2.41. The number of hydrogen-bond donors (Lipinski definition) is 1. The Morgan fingerprint density at radius 3 is 2.68 bits per heavy atom. The summed E-state index contributed by atoms with van der Waals surface area (Å²) in [6.07, 6.45) is 4.32. The van der Waals surface area contributed by atoms with Crippen LogP contribution in [0.15, 0.2) is 12.3 Å². The van der Waals surface area contributed by atoms with Gasteiger partial charge in [0.2, 0.25) is 0 Å². The third-order valence-corrected chi connectivity index (χ3v) is 4.02. The largest absolute Gasteiger partial charge is 0.392 e. The van der Waals surface area contributed by atoms with Crippen molar-refractivity contribution in [3.05, 3.63) is 23.4 Å². The lowest BCUT2D eigenvalue weighted by Crippen LogP contribution is -2.36. The molecule has 1 N–H and O–H groups in total. The predicted octanol–water partition coefficient (Wildman–Crippen LogP) is 1.66. The first-order valence-electron chi connectivity index (χ1n) is 7.06. The summed E-state index contributed by atoms with van der Waals surface area (Å²) in [6.45, 7) is 5.60. The van der Waals surface area contributed by atoms with Gasteiger partial charge >= 0.3 is 0 Å². The molecule has 2 heterocycles. The van der Waals surface area contributed by atoms with Gasteiger partial charge in [0.1, 0.15) is 5.82 Å². The van der Waals surface area contributed by atoms with Crippen LogP contribution in [0.4, 0.5) is 5.82 Å². The van der Waals surface area contributed by atoms with Gasteiger partial charge in [0.25, 0.3) is 0 Å². The first kappa shape index (κ1) is 14.3. The first-order chi connectivity index (χ1) is 9.10. The molecule has 0 amide bonds. The molecular weight excluding hydrogens is 238 g/mol. The maximum atomic E-state index is 9.12. The number of piperidine rings is 1. The summed E-state index contributed by atoms with van der Waals surface area (Å²) in [5, 5.41) is 9.12. The highest BCUT2D eigenvalue weighted by Crippen LogP contribution is 2.22. The fraction of sp³-hybridized carbons (Fsp3) is 0.667. The highest BCUT2D eigenvalue weighted by molar-refractivity contribution is 5.46. The summed E-state index contributed by atoms with van der Waals surface area (Å²) >= 11 is 0. The zero-order valence-corrected chi connectivity index (χ0v) is 12.3. The lowest BCUT2D eigenvalue weighted by atomic mass is 9.96. The van der Waals surface area contributed by atoms with E-state index in [0.717, 1.165) is 29.4 Å². The SMILES string of the molecule is Cc1cc(CO)cnc1N(C)CC1CCN(C)CC1. The van der Waals surface area contributed by atoms with E-state index in [1.165, 1.54) is 25.9 Å². The minimum absolute atomic E-state index is 0.0623. The molecule has 0 unspecified atom stereocenters. The smallest absolute Gasteiger partial charge is 0.131 e. The van der Waals surface area contributed by atoms with Crippen molar-refractivity contribution in [2.45, 2.75) is 26.4 Å². The van der Waals surface area contributed by atoms with Crippen molar-refractivity contribution in [3.63, 3.8) is 0 Å². The molecule has 0 bridgehead atoms. The van der Waals surface area contributed by atoms with E-state index in [0.29, 0.717) is 0 Å². The van der Waals surface area contributed by atoms with Crippen molar-refractivity contribution in [1.82, 2.24) is 9.88 Å². The van der Waals surface area contributed by atoms with E-state index in [1.807, 2.05) is 6.07 Å². The Balaban J connectivity index is 1.97. The zero-order chi connectivity index (χ0) is 13.8. The highest BCUT2D eigenvalue weighted by atomic mass is 16.3. The Bertz CT molecular complexity index is 414. The van der Waals surface area contributed by atoms with Crippen LogP contribution >= 0.6 is 0 Å². The number of anilines is 1.